The van der Waals surface area contributed by atoms with E-state index in [1.54, 1.807) is 18.6 Å². The van der Waals surface area contributed by atoms with Gasteiger partial charge in [-0.3, -0.25) is 9.55 Å². The molecule has 0 aliphatic carbocycles. The first-order chi connectivity index (χ1) is 13.8. The van der Waals surface area contributed by atoms with Crippen LogP contribution in [-0.4, -0.2) is 60.6 Å². The molecule has 1 fully saturated rings. The van der Waals surface area contributed by atoms with Crippen LogP contribution in [0.25, 0.3) is 22.2 Å². The van der Waals surface area contributed by atoms with Gasteiger partial charge in [-0.15, -0.1) is 0 Å². The van der Waals surface area contributed by atoms with Crippen LogP contribution >= 0.6 is 0 Å². The summed E-state index contributed by atoms with van der Waals surface area (Å²) in [5.74, 6) is 1.36. The van der Waals surface area contributed by atoms with E-state index in [4.69, 9.17) is 5.73 Å². The van der Waals surface area contributed by atoms with E-state index < -0.39 is 0 Å². The Kier molecular flexibility index (Phi) is 4.28. The average Bonchev–Trinajstić information content (AvgIpc) is 3.28. The standard InChI is InChI=1S/C19H23N9/c20-18-24-15-2-1-6-22-17(15)28(18)13-4-9-27(10-5-13)11-8-23-19-25-14-3-7-21-12-16(14)26-19/h1-3,6-7,12-13H,4-5,8-11H2,(H2,20,24)(H2,23,25,26). The maximum Gasteiger partial charge on any atom is 0.202 e. The molecule has 9 heteroatoms. The smallest absolute Gasteiger partial charge is 0.202 e. The van der Waals surface area contributed by atoms with Crippen LogP contribution in [0.5, 0.6) is 0 Å². The number of pyridine rings is 2. The summed E-state index contributed by atoms with van der Waals surface area (Å²) in [5.41, 5.74) is 9.80. The van der Waals surface area contributed by atoms with E-state index >= 15 is 0 Å². The third kappa shape index (κ3) is 3.13. The fourth-order valence-electron chi connectivity index (χ4n) is 3.98. The van der Waals surface area contributed by atoms with Crippen molar-refractivity contribution in [3.63, 3.8) is 0 Å². The third-order valence-corrected chi connectivity index (χ3v) is 5.40. The largest absolute Gasteiger partial charge is 0.369 e. The first-order valence-corrected chi connectivity index (χ1v) is 9.62. The van der Waals surface area contributed by atoms with Gasteiger partial charge in [0.15, 0.2) is 5.65 Å². The number of nitrogen functional groups attached to an aromatic ring is 1. The van der Waals surface area contributed by atoms with Gasteiger partial charge in [0.1, 0.15) is 11.0 Å². The molecule has 0 atom stereocenters. The number of aromatic amines is 1. The molecule has 1 saturated heterocycles. The molecule has 144 valence electrons. The highest BCUT2D eigenvalue weighted by Gasteiger charge is 2.24. The summed E-state index contributed by atoms with van der Waals surface area (Å²) in [7, 11) is 0. The summed E-state index contributed by atoms with van der Waals surface area (Å²) in [5, 5.41) is 3.37. The highest BCUT2D eigenvalue weighted by atomic mass is 15.2. The maximum atomic E-state index is 6.17. The van der Waals surface area contributed by atoms with Gasteiger partial charge in [-0.2, -0.15) is 0 Å². The van der Waals surface area contributed by atoms with Gasteiger partial charge in [-0.1, -0.05) is 0 Å². The monoisotopic (exact) mass is 377 g/mol. The number of likely N-dealkylation sites (tertiary alicyclic amines) is 1. The lowest BCUT2D eigenvalue weighted by Gasteiger charge is -2.32. The van der Waals surface area contributed by atoms with Gasteiger partial charge < -0.3 is 20.9 Å². The van der Waals surface area contributed by atoms with Crippen molar-refractivity contribution < 1.29 is 0 Å². The van der Waals surface area contributed by atoms with Crippen molar-refractivity contribution in [2.75, 3.05) is 37.2 Å². The minimum absolute atomic E-state index is 0.354. The summed E-state index contributed by atoms with van der Waals surface area (Å²) in [4.78, 5) is 23.3. The van der Waals surface area contributed by atoms with E-state index in [-0.39, 0.29) is 0 Å². The molecule has 4 aromatic rings. The van der Waals surface area contributed by atoms with Crippen molar-refractivity contribution in [2.24, 2.45) is 0 Å². The molecule has 5 rings (SSSR count). The SMILES string of the molecule is Nc1nc2cccnc2n1C1CCN(CCNc2nc3cnccc3[nH]2)CC1. The van der Waals surface area contributed by atoms with Crippen LogP contribution in [0.2, 0.25) is 0 Å². The van der Waals surface area contributed by atoms with E-state index in [1.807, 2.05) is 18.2 Å². The minimum atomic E-state index is 0.354. The van der Waals surface area contributed by atoms with Crippen LogP contribution < -0.4 is 11.1 Å². The molecule has 4 aromatic heterocycles. The molecule has 0 aromatic carbocycles. The summed E-state index contributed by atoms with van der Waals surface area (Å²) < 4.78 is 2.10. The van der Waals surface area contributed by atoms with Crippen molar-refractivity contribution >= 4 is 34.1 Å². The molecule has 0 amide bonds. The van der Waals surface area contributed by atoms with E-state index in [0.29, 0.717) is 12.0 Å². The Bertz CT molecular complexity index is 1060. The second kappa shape index (κ2) is 7.08. The van der Waals surface area contributed by atoms with Gasteiger partial charge in [0.2, 0.25) is 11.9 Å². The minimum Gasteiger partial charge on any atom is -0.369 e. The zero-order chi connectivity index (χ0) is 18.9. The number of nitrogens with zero attached hydrogens (tertiary/aromatic N) is 6. The van der Waals surface area contributed by atoms with E-state index in [0.717, 1.165) is 67.2 Å². The Balaban J connectivity index is 1.16. The van der Waals surface area contributed by atoms with E-state index in [9.17, 15) is 0 Å². The van der Waals surface area contributed by atoms with Crippen molar-refractivity contribution in [3.8, 4) is 0 Å². The molecule has 1 aliphatic rings. The normalized spacial score (nSPS) is 16.1. The number of piperidine rings is 1. The molecule has 0 spiro atoms. The van der Waals surface area contributed by atoms with Crippen LogP contribution in [0, 0.1) is 0 Å². The van der Waals surface area contributed by atoms with Gasteiger partial charge >= 0.3 is 0 Å². The molecule has 28 heavy (non-hydrogen) atoms. The topological polar surface area (TPSA) is 114 Å². The Hall–Kier alpha value is -3.20. The second-order valence-electron chi connectivity index (χ2n) is 7.16. The first-order valence-electron chi connectivity index (χ1n) is 9.62. The van der Waals surface area contributed by atoms with Crippen LogP contribution in [0.4, 0.5) is 11.9 Å². The molecule has 0 bridgehead atoms. The Morgan fingerprint density at radius 3 is 2.89 bits per heavy atom. The number of anilines is 2. The lowest BCUT2D eigenvalue weighted by molar-refractivity contribution is 0.195. The zero-order valence-electron chi connectivity index (χ0n) is 15.5. The molecule has 0 unspecified atom stereocenters. The quantitative estimate of drug-likeness (QED) is 0.488. The van der Waals surface area contributed by atoms with Gasteiger partial charge in [0.25, 0.3) is 0 Å². The van der Waals surface area contributed by atoms with Crippen LogP contribution in [0.1, 0.15) is 18.9 Å². The number of imidazole rings is 2. The van der Waals surface area contributed by atoms with Crippen molar-refractivity contribution in [3.05, 3.63) is 36.8 Å². The first kappa shape index (κ1) is 16.9. The second-order valence-corrected chi connectivity index (χ2v) is 7.16. The lowest BCUT2D eigenvalue weighted by Crippen LogP contribution is -2.37. The van der Waals surface area contributed by atoms with Crippen molar-refractivity contribution in [1.29, 1.82) is 0 Å². The van der Waals surface area contributed by atoms with E-state index in [2.05, 4.69) is 39.7 Å². The number of nitrogens with one attached hydrogen (secondary N) is 2. The maximum absolute atomic E-state index is 6.17. The van der Waals surface area contributed by atoms with Gasteiger partial charge in [-0.25, -0.2) is 15.0 Å². The molecular formula is C19H23N9. The molecule has 0 saturated carbocycles. The number of hydrogen-bond donors (Lipinski definition) is 3. The highest BCUT2D eigenvalue weighted by molar-refractivity contribution is 5.76. The number of aromatic nitrogens is 6. The predicted molar refractivity (Wildman–Crippen MR) is 109 cm³/mol. The molecule has 9 nitrogen and oxygen atoms in total. The molecular weight excluding hydrogens is 354 g/mol. The Morgan fingerprint density at radius 1 is 1.14 bits per heavy atom. The number of rotatable bonds is 5. The summed E-state index contributed by atoms with van der Waals surface area (Å²) in [6.45, 7) is 3.88. The fourth-order valence-corrected chi connectivity index (χ4v) is 3.98. The average molecular weight is 377 g/mol. The molecule has 4 N–H and O–H groups in total. The summed E-state index contributed by atoms with van der Waals surface area (Å²) >= 11 is 0. The zero-order valence-corrected chi connectivity index (χ0v) is 15.5. The van der Waals surface area contributed by atoms with Crippen LogP contribution in [-0.2, 0) is 0 Å². The number of H-pyrrole nitrogens is 1. The summed E-state index contributed by atoms with van der Waals surface area (Å²) in [6.07, 6.45) is 7.42. The molecule has 5 heterocycles. The molecule has 0 radical (unpaired) electrons. The Morgan fingerprint density at radius 2 is 2.04 bits per heavy atom. The third-order valence-electron chi connectivity index (χ3n) is 5.40. The predicted octanol–water partition coefficient (Wildman–Crippen LogP) is 2.03. The van der Waals surface area contributed by atoms with Gasteiger partial charge in [-0.05, 0) is 31.0 Å². The van der Waals surface area contributed by atoms with Crippen LogP contribution in [0.3, 0.4) is 0 Å². The highest BCUT2D eigenvalue weighted by Crippen LogP contribution is 2.28. The fraction of sp³-hybridized carbons (Fsp3) is 0.368. The lowest BCUT2D eigenvalue weighted by atomic mass is 10.0. The molecule has 1 aliphatic heterocycles. The van der Waals surface area contributed by atoms with Crippen molar-refractivity contribution in [2.45, 2.75) is 18.9 Å². The van der Waals surface area contributed by atoms with Gasteiger partial charge in [0.05, 0.1) is 11.7 Å². The number of nitrogens with two attached hydrogens (primary N) is 1. The summed E-state index contributed by atoms with van der Waals surface area (Å²) in [6, 6.07) is 6.14. The number of fused-ring (bicyclic) bond motifs is 2. The number of hydrogen-bond acceptors (Lipinski definition) is 7. The Labute approximate surface area is 162 Å². The van der Waals surface area contributed by atoms with E-state index in [1.165, 1.54) is 0 Å². The van der Waals surface area contributed by atoms with Crippen LogP contribution in [0.15, 0.2) is 36.8 Å². The van der Waals surface area contributed by atoms with Gasteiger partial charge in [0, 0.05) is 44.6 Å². The van der Waals surface area contributed by atoms with Crippen molar-refractivity contribution in [1.82, 2.24) is 34.4 Å².